The number of aromatic nitrogens is 2. The molecule has 1 saturated carbocycles. The van der Waals surface area contributed by atoms with E-state index in [-0.39, 0.29) is 17.8 Å². The van der Waals surface area contributed by atoms with Crippen LogP contribution in [-0.4, -0.2) is 40.6 Å². The molecule has 5 nitrogen and oxygen atoms in total. The van der Waals surface area contributed by atoms with E-state index in [1.165, 1.54) is 12.1 Å². The van der Waals surface area contributed by atoms with Crippen molar-refractivity contribution in [2.75, 3.05) is 19.6 Å². The molecule has 2 aromatic rings. The van der Waals surface area contributed by atoms with Crippen molar-refractivity contribution in [1.82, 2.24) is 20.4 Å². The third-order valence-electron chi connectivity index (χ3n) is 5.46. The van der Waals surface area contributed by atoms with Gasteiger partial charge in [0.2, 0.25) is 0 Å². The second-order valence-corrected chi connectivity index (χ2v) is 7.40. The first kappa shape index (κ1) is 17.2. The van der Waals surface area contributed by atoms with Gasteiger partial charge >= 0.3 is 0 Å². The molecule has 2 heterocycles. The Balaban J connectivity index is 1.50. The summed E-state index contributed by atoms with van der Waals surface area (Å²) in [6, 6.07) is 6.70. The Bertz CT molecular complexity index is 776. The lowest BCUT2D eigenvalue weighted by Crippen LogP contribution is -2.37. The minimum atomic E-state index is -0.235. The molecule has 2 N–H and O–H groups in total. The first-order valence-corrected chi connectivity index (χ1v) is 9.46. The zero-order valence-corrected chi connectivity index (χ0v) is 15.1. The Morgan fingerprint density at radius 1 is 1.31 bits per heavy atom. The summed E-state index contributed by atoms with van der Waals surface area (Å²) in [6.07, 6.45) is 4.55. The van der Waals surface area contributed by atoms with Crippen molar-refractivity contribution >= 4 is 5.91 Å². The van der Waals surface area contributed by atoms with Crippen LogP contribution in [0.5, 0.6) is 0 Å². The molecule has 6 heteroatoms. The fourth-order valence-electron chi connectivity index (χ4n) is 3.86. The van der Waals surface area contributed by atoms with Crippen LogP contribution in [0.25, 0.3) is 0 Å². The summed E-state index contributed by atoms with van der Waals surface area (Å²) in [5.41, 5.74) is 3.47. The average Bonchev–Trinajstić information content (AvgIpc) is 3.19. The van der Waals surface area contributed by atoms with E-state index in [9.17, 15) is 9.18 Å². The SMILES string of the molecule is Cc1[nH]nc(C2CC2)c1C(=O)NC[C@@H](c1ccc(F)cc1)N1CCCC1. The zero-order chi connectivity index (χ0) is 18.1. The highest BCUT2D eigenvalue weighted by molar-refractivity contribution is 5.96. The molecule has 1 aromatic carbocycles. The molecule has 0 unspecified atom stereocenters. The van der Waals surface area contributed by atoms with E-state index in [1.807, 2.05) is 19.1 Å². The van der Waals surface area contributed by atoms with E-state index in [0.29, 0.717) is 18.0 Å². The Morgan fingerprint density at radius 2 is 2.00 bits per heavy atom. The van der Waals surface area contributed by atoms with Crippen LogP contribution in [0, 0.1) is 12.7 Å². The van der Waals surface area contributed by atoms with Crippen LogP contribution < -0.4 is 5.32 Å². The van der Waals surface area contributed by atoms with Crippen molar-refractivity contribution in [3.63, 3.8) is 0 Å². The second-order valence-electron chi connectivity index (χ2n) is 7.40. The molecule has 26 heavy (non-hydrogen) atoms. The summed E-state index contributed by atoms with van der Waals surface area (Å²) in [5.74, 6) is 0.123. The molecule has 1 amide bonds. The van der Waals surface area contributed by atoms with Gasteiger partial charge in [-0.05, 0) is 63.4 Å². The molecule has 0 radical (unpaired) electrons. The quantitative estimate of drug-likeness (QED) is 0.835. The Kier molecular flexibility index (Phi) is 4.76. The maximum absolute atomic E-state index is 13.3. The lowest BCUT2D eigenvalue weighted by molar-refractivity contribution is 0.0936. The number of nitrogens with one attached hydrogen (secondary N) is 2. The Hall–Kier alpha value is -2.21. The number of rotatable bonds is 6. The first-order chi connectivity index (χ1) is 12.6. The molecule has 2 aliphatic rings. The highest BCUT2D eigenvalue weighted by Crippen LogP contribution is 2.41. The number of aromatic amines is 1. The zero-order valence-electron chi connectivity index (χ0n) is 15.1. The number of likely N-dealkylation sites (tertiary alicyclic amines) is 1. The summed E-state index contributed by atoms with van der Waals surface area (Å²) < 4.78 is 13.3. The summed E-state index contributed by atoms with van der Waals surface area (Å²) in [6.45, 7) is 4.43. The van der Waals surface area contributed by atoms with Crippen molar-refractivity contribution < 1.29 is 9.18 Å². The topological polar surface area (TPSA) is 61.0 Å². The van der Waals surface area contributed by atoms with Crippen molar-refractivity contribution in [2.24, 2.45) is 0 Å². The first-order valence-electron chi connectivity index (χ1n) is 9.46. The molecular weight excluding hydrogens is 331 g/mol. The van der Waals surface area contributed by atoms with Gasteiger partial charge in [-0.3, -0.25) is 14.8 Å². The minimum Gasteiger partial charge on any atom is -0.350 e. The molecule has 0 bridgehead atoms. The third-order valence-corrected chi connectivity index (χ3v) is 5.46. The lowest BCUT2D eigenvalue weighted by atomic mass is 10.0. The maximum Gasteiger partial charge on any atom is 0.255 e. The van der Waals surface area contributed by atoms with Crippen LogP contribution in [0.3, 0.4) is 0 Å². The number of benzene rings is 1. The molecule has 1 aliphatic heterocycles. The fourth-order valence-corrected chi connectivity index (χ4v) is 3.86. The molecule has 138 valence electrons. The molecule has 1 atom stereocenters. The Morgan fingerprint density at radius 3 is 2.65 bits per heavy atom. The number of aryl methyl sites for hydroxylation is 1. The van der Waals surface area contributed by atoms with Gasteiger partial charge < -0.3 is 5.32 Å². The average molecular weight is 356 g/mol. The van der Waals surface area contributed by atoms with Crippen molar-refractivity contribution in [3.8, 4) is 0 Å². The number of nitrogens with zero attached hydrogens (tertiary/aromatic N) is 2. The van der Waals surface area contributed by atoms with Gasteiger partial charge in [-0.15, -0.1) is 0 Å². The molecule has 2 fully saturated rings. The highest BCUT2D eigenvalue weighted by atomic mass is 19.1. The maximum atomic E-state index is 13.3. The smallest absolute Gasteiger partial charge is 0.255 e. The van der Waals surface area contributed by atoms with Gasteiger partial charge in [0, 0.05) is 18.2 Å². The number of hydrogen-bond acceptors (Lipinski definition) is 3. The van der Waals surface area contributed by atoms with Gasteiger partial charge in [0.1, 0.15) is 5.82 Å². The van der Waals surface area contributed by atoms with E-state index in [4.69, 9.17) is 0 Å². The monoisotopic (exact) mass is 356 g/mol. The van der Waals surface area contributed by atoms with Gasteiger partial charge in [-0.25, -0.2) is 4.39 Å². The Labute approximate surface area is 153 Å². The molecule has 1 saturated heterocycles. The van der Waals surface area contributed by atoms with Crippen molar-refractivity contribution in [2.45, 2.75) is 44.6 Å². The van der Waals surface area contributed by atoms with Crippen LogP contribution in [0.15, 0.2) is 24.3 Å². The molecule has 1 aromatic heterocycles. The predicted molar refractivity (Wildman–Crippen MR) is 97.6 cm³/mol. The number of carbonyl (C=O) groups is 1. The van der Waals surface area contributed by atoms with Crippen molar-refractivity contribution in [3.05, 3.63) is 52.6 Å². The molecule has 1 aliphatic carbocycles. The van der Waals surface area contributed by atoms with Gasteiger partial charge in [0.15, 0.2) is 0 Å². The predicted octanol–water partition coefficient (Wildman–Crippen LogP) is 3.30. The normalized spacial score (nSPS) is 18.8. The van der Waals surface area contributed by atoms with E-state index < -0.39 is 0 Å². The van der Waals surface area contributed by atoms with Crippen LogP contribution in [0.1, 0.15) is 65.0 Å². The summed E-state index contributed by atoms with van der Waals surface area (Å²) >= 11 is 0. The van der Waals surface area contributed by atoms with E-state index in [0.717, 1.165) is 55.7 Å². The van der Waals surface area contributed by atoms with Gasteiger partial charge in [-0.2, -0.15) is 5.10 Å². The minimum absolute atomic E-state index is 0.0653. The number of H-pyrrole nitrogens is 1. The van der Waals surface area contributed by atoms with Gasteiger partial charge in [0.05, 0.1) is 17.3 Å². The number of carbonyl (C=O) groups excluding carboxylic acids is 1. The van der Waals surface area contributed by atoms with Gasteiger partial charge in [0.25, 0.3) is 5.91 Å². The molecule has 4 rings (SSSR count). The standard InChI is InChI=1S/C20H25FN4O/c1-13-18(19(24-23-13)15-4-5-15)20(26)22-12-17(25-10-2-3-11-25)14-6-8-16(21)9-7-14/h6-9,15,17H,2-5,10-12H2,1H3,(H,22,26)(H,23,24)/t17-/m0/s1. The van der Waals surface area contributed by atoms with Crippen molar-refractivity contribution in [1.29, 1.82) is 0 Å². The summed E-state index contributed by atoms with van der Waals surface area (Å²) in [7, 11) is 0. The third kappa shape index (κ3) is 3.51. The number of amides is 1. The van der Waals surface area contributed by atoms with Crippen LogP contribution in [0.2, 0.25) is 0 Å². The highest BCUT2D eigenvalue weighted by Gasteiger charge is 2.32. The summed E-state index contributed by atoms with van der Waals surface area (Å²) in [5, 5.41) is 10.4. The largest absolute Gasteiger partial charge is 0.350 e. The molecular formula is C20H25FN4O. The fraction of sp³-hybridized carbons (Fsp3) is 0.500. The number of hydrogen-bond donors (Lipinski definition) is 2. The van der Waals surface area contributed by atoms with Crippen LogP contribution in [-0.2, 0) is 0 Å². The van der Waals surface area contributed by atoms with Crippen LogP contribution >= 0.6 is 0 Å². The van der Waals surface area contributed by atoms with E-state index >= 15 is 0 Å². The summed E-state index contributed by atoms with van der Waals surface area (Å²) in [4.78, 5) is 15.2. The number of halogens is 1. The van der Waals surface area contributed by atoms with Crippen LogP contribution in [0.4, 0.5) is 4.39 Å². The lowest BCUT2D eigenvalue weighted by Gasteiger charge is -2.28. The van der Waals surface area contributed by atoms with E-state index in [1.54, 1.807) is 0 Å². The molecule has 0 spiro atoms. The van der Waals surface area contributed by atoms with E-state index in [2.05, 4.69) is 20.4 Å². The second kappa shape index (κ2) is 7.19. The van der Waals surface area contributed by atoms with Gasteiger partial charge in [-0.1, -0.05) is 12.1 Å².